The van der Waals surface area contributed by atoms with Gasteiger partial charge in [-0.05, 0) is 40.7 Å². The first-order valence-corrected chi connectivity index (χ1v) is 8.23. The monoisotopic (exact) mass is 344 g/mol. The lowest BCUT2D eigenvalue weighted by Gasteiger charge is -2.07. The molecule has 0 aliphatic carbocycles. The normalized spacial score (nSPS) is 10.6. The molecule has 2 heterocycles. The second kappa shape index (κ2) is 7.87. The van der Waals surface area contributed by atoms with Gasteiger partial charge in [-0.15, -0.1) is 0 Å². The third-order valence-electron chi connectivity index (χ3n) is 3.76. The molecule has 0 aliphatic rings. The molecule has 0 spiro atoms. The molecular formula is C17H24N6O2. The lowest BCUT2D eigenvalue weighted by atomic mass is 10.1. The Morgan fingerprint density at radius 1 is 1.04 bits per heavy atom. The van der Waals surface area contributed by atoms with Crippen LogP contribution >= 0.6 is 0 Å². The molecule has 0 radical (unpaired) electrons. The minimum atomic E-state index is -0.224. The molecule has 25 heavy (non-hydrogen) atoms. The number of hydrogen-bond donors (Lipinski definition) is 2. The molecule has 0 bridgehead atoms. The lowest BCUT2D eigenvalue weighted by Crippen LogP contribution is -2.37. The molecule has 8 nitrogen and oxygen atoms in total. The van der Waals surface area contributed by atoms with Gasteiger partial charge in [-0.25, -0.2) is 14.6 Å². The minimum absolute atomic E-state index is 0.0287. The van der Waals surface area contributed by atoms with E-state index in [9.17, 15) is 9.59 Å². The highest BCUT2D eigenvalue weighted by Crippen LogP contribution is 2.17. The largest absolute Gasteiger partial charge is 0.355 e. The van der Waals surface area contributed by atoms with E-state index in [0.717, 1.165) is 28.3 Å². The summed E-state index contributed by atoms with van der Waals surface area (Å²) in [7, 11) is 0. The number of aromatic nitrogens is 4. The molecule has 0 unspecified atom stereocenters. The molecule has 2 amide bonds. The molecule has 0 aromatic carbocycles. The zero-order chi connectivity index (χ0) is 18.6. The summed E-state index contributed by atoms with van der Waals surface area (Å²) in [5.74, 6) is 0.0639. The van der Waals surface area contributed by atoms with Crippen LogP contribution in [-0.4, -0.2) is 44.7 Å². The Labute approximate surface area is 147 Å². The summed E-state index contributed by atoms with van der Waals surface area (Å²) in [4.78, 5) is 32.4. The van der Waals surface area contributed by atoms with Crippen molar-refractivity contribution in [2.75, 3.05) is 13.1 Å². The van der Waals surface area contributed by atoms with Crippen LogP contribution in [0, 0.1) is 27.7 Å². The van der Waals surface area contributed by atoms with Crippen LogP contribution in [-0.2, 0) is 16.0 Å². The first kappa shape index (κ1) is 18.6. The molecule has 0 saturated heterocycles. The summed E-state index contributed by atoms with van der Waals surface area (Å²) in [5, 5.41) is 9.73. The molecule has 2 rings (SSSR count). The van der Waals surface area contributed by atoms with Gasteiger partial charge in [-0.3, -0.25) is 9.59 Å². The topological polar surface area (TPSA) is 102 Å². The van der Waals surface area contributed by atoms with Crippen molar-refractivity contribution < 1.29 is 9.59 Å². The van der Waals surface area contributed by atoms with Crippen LogP contribution in [0.3, 0.4) is 0 Å². The summed E-state index contributed by atoms with van der Waals surface area (Å²) in [6.45, 7) is 9.87. The molecule has 2 aromatic heterocycles. The van der Waals surface area contributed by atoms with Gasteiger partial charge in [0.05, 0.1) is 18.7 Å². The van der Waals surface area contributed by atoms with Crippen molar-refractivity contribution in [2.24, 2.45) is 0 Å². The van der Waals surface area contributed by atoms with E-state index in [-0.39, 0.29) is 24.8 Å². The molecule has 0 saturated carbocycles. The first-order valence-electron chi connectivity index (χ1n) is 8.23. The van der Waals surface area contributed by atoms with Crippen molar-refractivity contribution >= 4 is 11.8 Å². The molecule has 0 aliphatic heterocycles. The summed E-state index contributed by atoms with van der Waals surface area (Å²) in [6, 6.07) is 1.89. The number of carbonyl (C=O) groups is 2. The molecular weight excluding hydrogens is 320 g/mol. The molecule has 0 fully saturated rings. The van der Waals surface area contributed by atoms with Crippen LogP contribution < -0.4 is 10.6 Å². The number of hydrogen-bond acceptors (Lipinski definition) is 5. The van der Waals surface area contributed by atoms with Crippen LogP contribution in [0.15, 0.2) is 6.07 Å². The number of likely N-dealkylation sites (N-methyl/N-ethyl adjacent to an activating group) is 1. The Hall–Kier alpha value is -2.77. The van der Waals surface area contributed by atoms with Crippen molar-refractivity contribution in [3.8, 4) is 5.95 Å². The highest BCUT2D eigenvalue weighted by Gasteiger charge is 2.18. The maximum absolute atomic E-state index is 12.1. The summed E-state index contributed by atoms with van der Waals surface area (Å²) < 4.78 is 1.65. The number of nitrogens with one attached hydrogen (secondary N) is 2. The second-order valence-corrected chi connectivity index (χ2v) is 5.92. The van der Waals surface area contributed by atoms with E-state index in [4.69, 9.17) is 0 Å². The van der Waals surface area contributed by atoms with Gasteiger partial charge >= 0.3 is 0 Å². The third kappa shape index (κ3) is 4.62. The second-order valence-electron chi connectivity index (χ2n) is 5.92. The average molecular weight is 344 g/mol. The van der Waals surface area contributed by atoms with E-state index in [1.165, 1.54) is 0 Å². The van der Waals surface area contributed by atoms with E-state index in [1.807, 2.05) is 40.7 Å². The van der Waals surface area contributed by atoms with Crippen LogP contribution in [0.25, 0.3) is 5.95 Å². The van der Waals surface area contributed by atoms with Crippen molar-refractivity contribution in [1.82, 2.24) is 30.4 Å². The van der Waals surface area contributed by atoms with Crippen LogP contribution in [0.2, 0.25) is 0 Å². The van der Waals surface area contributed by atoms with E-state index in [0.29, 0.717) is 12.5 Å². The highest BCUT2D eigenvalue weighted by atomic mass is 16.2. The van der Waals surface area contributed by atoms with Crippen molar-refractivity contribution in [2.45, 2.75) is 41.0 Å². The van der Waals surface area contributed by atoms with Gasteiger partial charge in [-0.1, -0.05) is 0 Å². The Morgan fingerprint density at radius 3 is 2.28 bits per heavy atom. The summed E-state index contributed by atoms with van der Waals surface area (Å²) in [5.41, 5.74) is 4.09. The fraction of sp³-hybridized carbons (Fsp3) is 0.471. The fourth-order valence-corrected chi connectivity index (χ4v) is 2.59. The zero-order valence-corrected chi connectivity index (χ0v) is 15.3. The Morgan fingerprint density at radius 2 is 1.68 bits per heavy atom. The predicted octanol–water partition coefficient (Wildman–Crippen LogP) is 0.691. The van der Waals surface area contributed by atoms with Crippen LogP contribution in [0.4, 0.5) is 0 Å². The molecule has 8 heteroatoms. The highest BCUT2D eigenvalue weighted by molar-refractivity contribution is 5.85. The van der Waals surface area contributed by atoms with Crippen LogP contribution in [0.1, 0.15) is 35.3 Å². The quantitative estimate of drug-likeness (QED) is 0.803. The molecule has 2 aromatic rings. The SMILES string of the molecule is CCNC(=O)CNC(=O)Cc1c(C)nn(-c2nc(C)cc(C)n2)c1C. The van der Waals surface area contributed by atoms with Crippen molar-refractivity contribution in [3.05, 3.63) is 34.4 Å². The predicted molar refractivity (Wildman–Crippen MR) is 93.5 cm³/mol. The van der Waals surface area contributed by atoms with Crippen molar-refractivity contribution in [3.63, 3.8) is 0 Å². The number of rotatable bonds is 6. The molecule has 0 atom stereocenters. The maximum atomic E-state index is 12.1. The smallest absolute Gasteiger partial charge is 0.251 e. The average Bonchev–Trinajstić information content (AvgIpc) is 2.80. The van der Waals surface area contributed by atoms with Gasteiger partial charge in [0.2, 0.25) is 11.8 Å². The number of nitrogens with zero attached hydrogens (tertiary/aromatic N) is 4. The minimum Gasteiger partial charge on any atom is -0.355 e. The fourth-order valence-electron chi connectivity index (χ4n) is 2.59. The Bertz CT molecular complexity index is 776. The standard InChI is InChI=1S/C17H24N6O2/c1-6-18-16(25)9-19-15(24)8-14-12(4)22-23(13(14)5)17-20-10(2)7-11(3)21-17/h7H,6,8-9H2,1-5H3,(H,18,25)(H,19,24). The van der Waals surface area contributed by atoms with Gasteiger partial charge in [0.15, 0.2) is 0 Å². The van der Waals surface area contributed by atoms with Crippen molar-refractivity contribution in [1.29, 1.82) is 0 Å². The molecule has 134 valence electrons. The third-order valence-corrected chi connectivity index (χ3v) is 3.76. The summed E-state index contributed by atoms with van der Waals surface area (Å²) >= 11 is 0. The van der Waals surface area contributed by atoms with E-state index in [2.05, 4.69) is 25.7 Å². The number of aryl methyl sites for hydroxylation is 3. The molecule has 2 N–H and O–H groups in total. The van der Waals surface area contributed by atoms with E-state index < -0.39 is 0 Å². The number of amides is 2. The lowest BCUT2D eigenvalue weighted by molar-refractivity contribution is -0.125. The Balaban J connectivity index is 2.16. The maximum Gasteiger partial charge on any atom is 0.251 e. The Kier molecular flexibility index (Phi) is 5.84. The van der Waals surface area contributed by atoms with Gasteiger partial charge in [0.1, 0.15) is 0 Å². The van der Waals surface area contributed by atoms with Gasteiger partial charge in [0.25, 0.3) is 5.95 Å². The van der Waals surface area contributed by atoms with E-state index in [1.54, 1.807) is 4.68 Å². The van der Waals surface area contributed by atoms with Gasteiger partial charge in [-0.2, -0.15) is 5.10 Å². The van der Waals surface area contributed by atoms with E-state index >= 15 is 0 Å². The number of carbonyl (C=O) groups excluding carboxylic acids is 2. The first-order chi connectivity index (χ1) is 11.8. The van der Waals surface area contributed by atoms with Gasteiger partial charge in [0, 0.05) is 29.2 Å². The van der Waals surface area contributed by atoms with Crippen LogP contribution in [0.5, 0.6) is 0 Å². The zero-order valence-electron chi connectivity index (χ0n) is 15.3. The van der Waals surface area contributed by atoms with Gasteiger partial charge < -0.3 is 10.6 Å². The summed E-state index contributed by atoms with van der Waals surface area (Å²) in [6.07, 6.45) is 0.155.